The molecule has 2 atom stereocenters. The summed E-state index contributed by atoms with van der Waals surface area (Å²) in [5.41, 5.74) is 0.649. The van der Waals surface area contributed by atoms with Crippen LogP contribution < -0.4 is 9.46 Å². The number of hydrogen-bond donors (Lipinski definition) is 1. The minimum atomic E-state index is -3.66. The maximum Gasteiger partial charge on any atom is 0.355 e. The lowest BCUT2D eigenvalue weighted by Gasteiger charge is -2.38. The molecule has 0 saturated heterocycles. The van der Waals surface area contributed by atoms with Crippen LogP contribution in [-0.2, 0) is 29.9 Å². The fraction of sp³-hybridized carbons (Fsp3) is 0.647. The maximum absolute atomic E-state index is 13.6. The Hall–Kier alpha value is -0.720. The number of rotatable bonds is 9. The van der Waals surface area contributed by atoms with E-state index in [4.69, 9.17) is 13.8 Å². The Morgan fingerprint density at radius 2 is 1.52 bits per heavy atom. The first kappa shape index (κ1) is 22.3. The number of nitrogens with one attached hydrogen (secondary N) is 1. The van der Waals surface area contributed by atoms with Gasteiger partial charge in [0.1, 0.15) is 5.75 Å². The van der Waals surface area contributed by atoms with Gasteiger partial charge >= 0.3 is 7.60 Å². The Bertz CT molecular complexity index is 619. The molecule has 25 heavy (non-hydrogen) atoms. The van der Waals surface area contributed by atoms with Crippen LogP contribution in [0.5, 0.6) is 5.75 Å². The highest BCUT2D eigenvalue weighted by Crippen LogP contribution is 2.63. The molecule has 0 aliphatic rings. The maximum atomic E-state index is 13.6. The normalized spacial score (nSPS) is 16.3. The van der Waals surface area contributed by atoms with E-state index in [-0.39, 0.29) is 13.2 Å². The van der Waals surface area contributed by atoms with Crippen molar-refractivity contribution in [1.29, 1.82) is 0 Å². The molecule has 0 radical (unpaired) electrons. The zero-order chi connectivity index (χ0) is 19.3. The molecule has 0 heterocycles. The Balaban J connectivity index is 3.47. The third kappa shape index (κ3) is 5.14. The predicted octanol–water partition coefficient (Wildman–Crippen LogP) is 4.19. The van der Waals surface area contributed by atoms with E-state index in [1.807, 2.05) is 20.8 Å². The molecule has 0 aliphatic carbocycles. The number of hydrogen-bond acceptors (Lipinski definition) is 5. The van der Waals surface area contributed by atoms with Gasteiger partial charge < -0.3 is 13.8 Å². The summed E-state index contributed by atoms with van der Waals surface area (Å²) in [6.07, 6.45) is 0. The van der Waals surface area contributed by atoms with Crippen molar-refractivity contribution in [2.45, 2.75) is 51.6 Å². The van der Waals surface area contributed by atoms with Crippen molar-refractivity contribution < 1.29 is 22.6 Å². The van der Waals surface area contributed by atoms with Crippen molar-refractivity contribution in [3.63, 3.8) is 0 Å². The van der Waals surface area contributed by atoms with Gasteiger partial charge in [0.25, 0.3) is 0 Å². The second-order valence-electron chi connectivity index (χ2n) is 6.62. The van der Waals surface area contributed by atoms with Gasteiger partial charge in [0.2, 0.25) is 0 Å². The molecule has 1 rings (SSSR count). The van der Waals surface area contributed by atoms with Crippen LogP contribution in [0, 0.1) is 0 Å². The summed E-state index contributed by atoms with van der Waals surface area (Å²) in [6, 6.07) is 7.07. The Labute approximate surface area is 153 Å². The van der Waals surface area contributed by atoms with Gasteiger partial charge in [-0.05, 0) is 59.2 Å². The van der Waals surface area contributed by atoms with E-state index in [9.17, 15) is 8.77 Å². The quantitative estimate of drug-likeness (QED) is 0.639. The summed E-state index contributed by atoms with van der Waals surface area (Å²) in [5, 5.41) is -1.27. The Morgan fingerprint density at radius 3 is 1.88 bits per heavy atom. The average molecular weight is 391 g/mol. The minimum Gasteiger partial charge on any atom is -0.497 e. The molecule has 0 aliphatic heterocycles. The summed E-state index contributed by atoms with van der Waals surface area (Å²) in [7, 11) is -3.56. The number of benzene rings is 1. The second kappa shape index (κ2) is 8.78. The van der Waals surface area contributed by atoms with Crippen LogP contribution in [0.2, 0.25) is 0 Å². The Kier molecular flexibility index (Phi) is 7.84. The summed E-state index contributed by atoms with van der Waals surface area (Å²) >= 11 is 0. The van der Waals surface area contributed by atoms with E-state index in [1.165, 1.54) is 0 Å². The predicted molar refractivity (Wildman–Crippen MR) is 102 cm³/mol. The molecule has 1 N–H and O–H groups in total. The molecular weight excluding hydrogens is 361 g/mol. The molecule has 1 aromatic carbocycles. The molecule has 0 saturated carbocycles. The smallest absolute Gasteiger partial charge is 0.355 e. The molecule has 144 valence electrons. The topological polar surface area (TPSA) is 73.9 Å². The minimum absolute atomic E-state index is 0.215. The molecule has 1 unspecified atom stereocenters. The monoisotopic (exact) mass is 391 g/mol. The molecule has 8 heteroatoms. The highest BCUT2D eigenvalue weighted by Gasteiger charge is 2.50. The molecular formula is C17H30NO5PS. The van der Waals surface area contributed by atoms with Crippen LogP contribution in [0.15, 0.2) is 24.3 Å². The second-order valence-corrected chi connectivity index (χ2v) is 11.0. The summed E-state index contributed by atoms with van der Waals surface area (Å²) in [5.74, 6) is 0.672. The summed E-state index contributed by atoms with van der Waals surface area (Å²) < 4.78 is 45.1. The Morgan fingerprint density at radius 1 is 1.04 bits per heavy atom. The number of ether oxygens (including phenoxy) is 1. The lowest BCUT2D eigenvalue weighted by Crippen LogP contribution is -2.46. The molecule has 0 aromatic heterocycles. The summed E-state index contributed by atoms with van der Waals surface area (Å²) in [6.45, 7) is 11.2. The van der Waals surface area contributed by atoms with Gasteiger partial charge in [-0.2, -0.15) is 0 Å². The first-order valence-electron chi connectivity index (χ1n) is 8.27. The van der Waals surface area contributed by atoms with E-state index in [1.54, 1.807) is 52.1 Å². The van der Waals surface area contributed by atoms with E-state index < -0.39 is 28.6 Å². The molecule has 0 amide bonds. The van der Waals surface area contributed by atoms with Crippen LogP contribution in [0.4, 0.5) is 0 Å². The van der Waals surface area contributed by atoms with Crippen LogP contribution in [0.3, 0.4) is 0 Å². The summed E-state index contributed by atoms with van der Waals surface area (Å²) in [4.78, 5) is 0. The first-order valence-corrected chi connectivity index (χ1v) is 11.0. The lowest BCUT2D eigenvalue weighted by molar-refractivity contribution is 0.195. The zero-order valence-electron chi connectivity index (χ0n) is 16.1. The standard InChI is InChI=1S/C17H30NO5PS/c1-8-22-24(19,23-9-2)17(6,18-25(20)16(3,4)5)14-10-12-15(21-7)13-11-14/h10-13,18H,8-9H2,1-7H3/t17-,25?/m1/s1. The fourth-order valence-corrected chi connectivity index (χ4v) is 5.37. The molecule has 6 nitrogen and oxygen atoms in total. The van der Waals surface area contributed by atoms with Gasteiger partial charge in [0.15, 0.2) is 5.28 Å². The van der Waals surface area contributed by atoms with Gasteiger partial charge in [-0.3, -0.25) is 4.57 Å². The van der Waals surface area contributed by atoms with Gasteiger partial charge in [-0.15, -0.1) is 0 Å². The van der Waals surface area contributed by atoms with Crippen molar-refractivity contribution in [3.8, 4) is 5.75 Å². The third-order valence-electron chi connectivity index (χ3n) is 3.65. The van der Waals surface area contributed by atoms with Gasteiger partial charge in [-0.25, -0.2) is 8.93 Å². The first-order chi connectivity index (χ1) is 11.5. The molecule has 0 spiro atoms. The molecule has 1 aromatic rings. The van der Waals surface area contributed by atoms with Crippen LogP contribution >= 0.6 is 7.60 Å². The van der Waals surface area contributed by atoms with E-state index in [0.717, 1.165) is 0 Å². The zero-order valence-corrected chi connectivity index (χ0v) is 17.8. The largest absolute Gasteiger partial charge is 0.497 e. The van der Waals surface area contributed by atoms with Crippen molar-refractivity contribution in [1.82, 2.24) is 4.72 Å². The SMILES string of the molecule is CCOP(=O)(OCC)[C@@](C)(NS(=O)C(C)(C)C)c1ccc(OC)cc1. The van der Waals surface area contributed by atoms with Gasteiger partial charge in [-0.1, -0.05) is 12.1 Å². The molecule has 0 fully saturated rings. The molecule has 0 bridgehead atoms. The van der Waals surface area contributed by atoms with Crippen LogP contribution in [-0.4, -0.2) is 29.3 Å². The van der Waals surface area contributed by atoms with Gasteiger partial charge in [0.05, 0.1) is 36.1 Å². The van der Waals surface area contributed by atoms with Crippen LogP contribution in [0.25, 0.3) is 0 Å². The fourth-order valence-electron chi connectivity index (χ4n) is 2.16. The third-order valence-corrected chi connectivity index (χ3v) is 8.16. The van der Waals surface area contributed by atoms with E-state index >= 15 is 0 Å². The lowest BCUT2D eigenvalue weighted by atomic mass is 10.1. The highest BCUT2D eigenvalue weighted by molar-refractivity contribution is 7.84. The van der Waals surface area contributed by atoms with Crippen molar-refractivity contribution in [2.75, 3.05) is 20.3 Å². The van der Waals surface area contributed by atoms with Crippen LogP contribution in [0.1, 0.15) is 47.1 Å². The number of methoxy groups -OCH3 is 1. The van der Waals surface area contributed by atoms with Crippen molar-refractivity contribution >= 4 is 18.6 Å². The average Bonchev–Trinajstić information content (AvgIpc) is 2.54. The van der Waals surface area contributed by atoms with Crippen molar-refractivity contribution in [3.05, 3.63) is 29.8 Å². The van der Waals surface area contributed by atoms with Crippen molar-refractivity contribution in [2.24, 2.45) is 0 Å². The van der Waals surface area contributed by atoms with Gasteiger partial charge in [0, 0.05) is 0 Å². The van der Waals surface area contributed by atoms with E-state index in [2.05, 4.69) is 4.72 Å². The highest BCUT2D eigenvalue weighted by atomic mass is 32.2. The van der Waals surface area contributed by atoms with E-state index in [0.29, 0.717) is 11.3 Å².